The van der Waals surface area contributed by atoms with Crippen molar-refractivity contribution < 1.29 is 14.3 Å². The van der Waals surface area contributed by atoms with E-state index in [4.69, 9.17) is 9.47 Å². The van der Waals surface area contributed by atoms with Gasteiger partial charge in [0, 0.05) is 37.8 Å². The molecule has 0 heterocycles. The number of ether oxygens (including phenoxy) is 2. The maximum absolute atomic E-state index is 11.8. The maximum atomic E-state index is 11.8. The van der Waals surface area contributed by atoms with Gasteiger partial charge in [-0.3, -0.25) is 9.79 Å². The maximum Gasteiger partial charge on any atom is 0.221 e. The Balaban J connectivity index is 2.52. The van der Waals surface area contributed by atoms with Crippen molar-refractivity contribution in [3.05, 3.63) is 18.2 Å². The largest absolute Gasteiger partial charge is 0.493 e. The van der Waals surface area contributed by atoms with E-state index in [0.29, 0.717) is 30.4 Å². The number of hydrogen-bond acceptors (Lipinski definition) is 4. The molecular formula is C17H28N4O3. The van der Waals surface area contributed by atoms with Gasteiger partial charge in [0.1, 0.15) is 0 Å². The second-order valence-corrected chi connectivity index (χ2v) is 5.32. The lowest BCUT2D eigenvalue weighted by molar-refractivity contribution is -0.121. The lowest BCUT2D eigenvalue weighted by Crippen LogP contribution is -2.37. The molecule has 0 spiro atoms. The van der Waals surface area contributed by atoms with Crippen molar-refractivity contribution in [3.63, 3.8) is 0 Å². The summed E-state index contributed by atoms with van der Waals surface area (Å²) in [5.41, 5.74) is 0.810. The van der Waals surface area contributed by atoms with Crippen molar-refractivity contribution in [2.75, 3.05) is 33.1 Å². The molecule has 1 atom stereocenters. The van der Waals surface area contributed by atoms with Gasteiger partial charge in [-0.25, -0.2) is 0 Å². The van der Waals surface area contributed by atoms with Gasteiger partial charge in [0.2, 0.25) is 5.91 Å². The van der Waals surface area contributed by atoms with E-state index >= 15 is 0 Å². The summed E-state index contributed by atoms with van der Waals surface area (Å²) >= 11 is 0. The summed E-state index contributed by atoms with van der Waals surface area (Å²) in [6.45, 7) is 4.52. The number of anilines is 1. The molecule has 0 saturated carbocycles. The van der Waals surface area contributed by atoms with Crippen LogP contribution in [-0.2, 0) is 4.79 Å². The van der Waals surface area contributed by atoms with Crippen LogP contribution < -0.4 is 25.4 Å². The third-order valence-corrected chi connectivity index (χ3v) is 3.53. The first-order valence-electron chi connectivity index (χ1n) is 8.03. The molecule has 0 aromatic heterocycles. The Kier molecular flexibility index (Phi) is 8.46. The SMILES string of the molecule is CCC(C)NC(=O)CCNC(=NC)Nc1ccc(OC)c(OC)c1. The number of rotatable bonds is 8. The van der Waals surface area contributed by atoms with Crippen LogP contribution in [0, 0.1) is 0 Å². The van der Waals surface area contributed by atoms with Crippen LogP contribution >= 0.6 is 0 Å². The standard InChI is InChI=1S/C17H28N4O3/c1-6-12(2)20-16(22)9-10-19-17(18-3)21-13-7-8-14(23-4)15(11-13)24-5/h7-8,11-12H,6,9-10H2,1-5H3,(H,20,22)(H2,18,19,21). The van der Waals surface area contributed by atoms with E-state index in [1.807, 2.05) is 32.0 Å². The number of aliphatic imine (C=N–C) groups is 1. The third-order valence-electron chi connectivity index (χ3n) is 3.53. The molecule has 1 aromatic rings. The number of nitrogens with zero attached hydrogens (tertiary/aromatic N) is 1. The van der Waals surface area contributed by atoms with E-state index in [-0.39, 0.29) is 11.9 Å². The second-order valence-electron chi connectivity index (χ2n) is 5.32. The summed E-state index contributed by atoms with van der Waals surface area (Å²) in [6.07, 6.45) is 1.30. The van der Waals surface area contributed by atoms with Gasteiger partial charge in [-0.1, -0.05) is 6.92 Å². The molecule has 3 N–H and O–H groups in total. The Bertz CT molecular complexity index is 561. The fraction of sp³-hybridized carbons (Fsp3) is 0.529. The normalized spacial score (nSPS) is 12.3. The summed E-state index contributed by atoms with van der Waals surface area (Å²) in [6, 6.07) is 5.70. The number of nitrogens with one attached hydrogen (secondary N) is 3. The molecule has 0 aliphatic carbocycles. The monoisotopic (exact) mass is 336 g/mol. The molecule has 0 radical (unpaired) electrons. The first-order valence-corrected chi connectivity index (χ1v) is 8.03. The van der Waals surface area contributed by atoms with Crippen LogP contribution in [0.25, 0.3) is 0 Å². The van der Waals surface area contributed by atoms with Crippen LogP contribution in [0.4, 0.5) is 5.69 Å². The van der Waals surface area contributed by atoms with E-state index < -0.39 is 0 Å². The Hall–Kier alpha value is -2.44. The highest BCUT2D eigenvalue weighted by Gasteiger charge is 2.08. The number of hydrogen-bond donors (Lipinski definition) is 3. The molecule has 1 unspecified atom stereocenters. The van der Waals surface area contributed by atoms with Gasteiger partial charge in [-0.2, -0.15) is 0 Å². The third kappa shape index (κ3) is 6.36. The summed E-state index contributed by atoms with van der Waals surface area (Å²) in [5, 5.41) is 9.19. The van der Waals surface area contributed by atoms with Crippen molar-refractivity contribution >= 4 is 17.6 Å². The van der Waals surface area contributed by atoms with Crippen molar-refractivity contribution in [2.45, 2.75) is 32.7 Å². The topological polar surface area (TPSA) is 84.0 Å². The predicted octanol–water partition coefficient (Wildman–Crippen LogP) is 2.00. The molecule has 0 saturated heterocycles. The van der Waals surface area contributed by atoms with E-state index in [1.165, 1.54) is 0 Å². The highest BCUT2D eigenvalue weighted by Crippen LogP contribution is 2.29. The number of guanidine groups is 1. The zero-order valence-corrected chi connectivity index (χ0v) is 15.1. The van der Waals surface area contributed by atoms with Gasteiger partial charge in [-0.15, -0.1) is 0 Å². The Morgan fingerprint density at radius 2 is 1.96 bits per heavy atom. The van der Waals surface area contributed by atoms with Crippen molar-refractivity contribution in [1.82, 2.24) is 10.6 Å². The summed E-state index contributed by atoms with van der Waals surface area (Å²) in [4.78, 5) is 15.9. The molecule has 1 aromatic carbocycles. The highest BCUT2D eigenvalue weighted by molar-refractivity contribution is 5.94. The van der Waals surface area contributed by atoms with Crippen LogP contribution in [0.15, 0.2) is 23.2 Å². The summed E-state index contributed by atoms with van der Waals surface area (Å²) < 4.78 is 10.5. The van der Waals surface area contributed by atoms with E-state index in [2.05, 4.69) is 20.9 Å². The van der Waals surface area contributed by atoms with Crippen LogP contribution in [0.3, 0.4) is 0 Å². The average Bonchev–Trinajstić information content (AvgIpc) is 2.60. The van der Waals surface area contributed by atoms with E-state index in [0.717, 1.165) is 12.1 Å². The van der Waals surface area contributed by atoms with Crippen LogP contribution in [-0.4, -0.2) is 45.7 Å². The molecule has 0 aliphatic rings. The van der Waals surface area contributed by atoms with Crippen LogP contribution in [0.2, 0.25) is 0 Å². The van der Waals surface area contributed by atoms with Gasteiger partial charge in [-0.05, 0) is 25.5 Å². The quantitative estimate of drug-likeness (QED) is 0.499. The smallest absolute Gasteiger partial charge is 0.221 e. The Morgan fingerprint density at radius 1 is 1.25 bits per heavy atom. The Labute approximate surface area is 143 Å². The summed E-state index contributed by atoms with van der Waals surface area (Å²) in [5.74, 6) is 1.90. The lowest BCUT2D eigenvalue weighted by atomic mass is 10.2. The minimum atomic E-state index is 0.0263. The molecule has 7 nitrogen and oxygen atoms in total. The minimum absolute atomic E-state index is 0.0263. The molecule has 134 valence electrons. The Morgan fingerprint density at radius 3 is 2.54 bits per heavy atom. The number of amides is 1. The molecule has 24 heavy (non-hydrogen) atoms. The molecule has 1 rings (SSSR count). The van der Waals surface area contributed by atoms with Crippen LogP contribution in [0.1, 0.15) is 26.7 Å². The van der Waals surface area contributed by atoms with Gasteiger partial charge in [0.15, 0.2) is 17.5 Å². The van der Waals surface area contributed by atoms with E-state index in [1.54, 1.807) is 21.3 Å². The highest BCUT2D eigenvalue weighted by atomic mass is 16.5. The molecular weight excluding hydrogens is 308 g/mol. The number of carbonyl (C=O) groups is 1. The second kappa shape index (κ2) is 10.4. The van der Waals surface area contributed by atoms with Crippen LogP contribution in [0.5, 0.6) is 11.5 Å². The zero-order valence-electron chi connectivity index (χ0n) is 15.1. The number of benzene rings is 1. The lowest BCUT2D eigenvalue weighted by Gasteiger charge is -2.15. The van der Waals surface area contributed by atoms with Crippen molar-refractivity contribution in [3.8, 4) is 11.5 Å². The average molecular weight is 336 g/mol. The molecule has 1 amide bonds. The zero-order chi connectivity index (χ0) is 17.9. The first-order chi connectivity index (χ1) is 11.5. The van der Waals surface area contributed by atoms with Gasteiger partial charge in [0.25, 0.3) is 0 Å². The number of methoxy groups -OCH3 is 2. The first kappa shape index (κ1) is 19.6. The van der Waals surface area contributed by atoms with Gasteiger partial charge < -0.3 is 25.4 Å². The van der Waals surface area contributed by atoms with Crippen molar-refractivity contribution in [2.24, 2.45) is 4.99 Å². The fourth-order valence-electron chi connectivity index (χ4n) is 1.97. The molecule has 0 fully saturated rings. The summed E-state index contributed by atoms with van der Waals surface area (Å²) in [7, 11) is 4.86. The fourth-order valence-corrected chi connectivity index (χ4v) is 1.97. The van der Waals surface area contributed by atoms with E-state index in [9.17, 15) is 4.79 Å². The molecule has 0 bridgehead atoms. The minimum Gasteiger partial charge on any atom is -0.493 e. The molecule has 7 heteroatoms. The number of carbonyl (C=O) groups excluding carboxylic acids is 1. The predicted molar refractivity (Wildman–Crippen MR) is 97.0 cm³/mol. The van der Waals surface area contributed by atoms with Gasteiger partial charge >= 0.3 is 0 Å². The van der Waals surface area contributed by atoms with Crippen molar-refractivity contribution in [1.29, 1.82) is 0 Å². The molecule has 0 aliphatic heterocycles. The van der Waals surface area contributed by atoms with Gasteiger partial charge in [0.05, 0.1) is 14.2 Å².